The van der Waals surface area contributed by atoms with Gasteiger partial charge >= 0.3 is 0 Å². The molecule has 1 nitrogen and oxygen atoms in total. The Bertz CT molecular complexity index is 2680. The van der Waals surface area contributed by atoms with Gasteiger partial charge in [-0.25, -0.2) is 0 Å². The summed E-state index contributed by atoms with van der Waals surface area (Å²) in [4.78, 5) is 4.51. The minimum atomic E-state index is 1.19. The Balaban J connectivity index is 1.15. The van der Waals surface area contributed by atoms with Crippen molar-refractivity contribution in [2.75, 3.05) is 0 Å². The molecule has 0 amide bonds. The third-order valence-corrected chi connectivity index (χ3v) is 10.2. The second-order valence-electron chi connectivity index (χ2n) is 12.7. The van der Waals surface area contributed by atoms with E-state index >= 15 is 0 Å². The van der Waals surface area contributed by atoms with Crippen LogP contribution in [0.2, 0.25) is 0 Å². The van der Waals surface area contributed by atoms with Crippen molar-refractivity contribution < 1.29 is 0 Å². The first-order chi connectivity index (χ1) is 23.8. The molecule has 0 radical (unpaired) electrons. The average Bonchev–Trinajstić information content (AvgIpc) is 3.17. The van der Waals surface area contributed by atoms with Crippen molar-refractivity contribution in [3.05, 3.63) is 176 Å². The lowest BCUT2D eigenvalue weighted by molar-refractivity contribution is 1.37. The standard InChI is InChI=1S/C47H29N/c1-2-11-35-34(10-1)36-12-5-6-15-40(36)44-19-9-18-33(47(44)43-17-8-7-16-39(35)43)31-22-20-30(21-23-31)32-24-25-41-37-13-3-4-14-38(37)42-26-27-48-29-46(42)45(41)28-32/h1-29H. The summed E-state index contributed by atoms with van der Waals surface area (Å²) >= 11 is 0. The molecule has 0 fully saturated rings. The fourth-order valence-corrected chi connectivity index (χ4v) is 7.97. The van der Waals surface area contributed by atoms with Crippen LogP contribution in [0.5, 0.6) is 0 Å². The van der Waals surface area contributed by atoms with Crippen LogP contribution in [0.25, 0.3) is 99.1 Å². The monoisotopic (exact) mass is 607 g/mol. The lowest BCUT2D eigenvalue weighted by Gasteiger charge is -2.25. The van der Waals surface area contributed by atoms with E-state index in [0.717, 1.165) is 0 Å². The smallest absolute Gasteiger partial charge is 0.0352 e. The molecule has 8 aromatic carbocycles. The summed E-state index contributed by atoms with van der Waals surface area (Å²) in [5.41, 5.74) is 15.0. The number of aromatic nitrogens is 1. The number of benzene rings is 8. The van der Waals surface area contributed by atoms with E-state index in [-0.39, 0.29) is 0 Å². The molecule has 0 bridgehead atoms. The maximum atomic E-state index is 4.51. The highest BCUT2D eigenvalue weighted by Gasteiger charge is 2.23. The Morgan fingerprint density at radius 2 is 0.729 bits per heavy atom. The van der Waals surface area contributed by atoms with Gasteiger partial charge in [0.15, 0.2) is 0 Å². The van der Waals surface area contributed by atoms with Crippen LogP contribution in [0, 0.1) is 0 Å². The van der Waals surface area contributed by atoms with Gasteiger partial charge in [-0.2, -0.15) is 0 Å². The molecule has 9 aromatic rings. The summed E-state index contributed by atoms with van der Waals surface area (Å²) in [5, 5.41) is 7.47. The Morgan fingerprint density at radius 3 is 1.40 bits per heavy atom. The van der Waals surface area contributed by atoms with Gasteiger partial charge in [-0.1, -0.05) is 152 Å². The maximum absolute atomic E-state index is 4.51. The maximum Gasteiger partial charge on any atom is 0.0352 e. The van der Waals surface area contributed by atoms with Crippen LogP contribution in [0.3, 0.4) is 0 Å². The SMILES string of the molecule is c1ccc2c(c1)-c1ccccc1-c1cccc(-c3ccc(-c4ccc5c6ccccc6c6ccncc6c5c4)cc3)c1-c1ccccc1-2. The number of hydrogen-bond donors (Lipinski definition) is 0. The predicted molar refractivity (Wildman–Crippen MR) is 203 cm³/mol. The summed E-state index contributed by atoms with van der Waals surface area (Å²) in [7, 11) is 0. The van der Waals surface area contributed by atoms with Gasteiger partial charge in [0, 0.05) is 17.8 Å². The first-order valence-electron chi connectivity index (χ1n) is 16.5. The summed E-state index contributed by atoms with van der Waals surface area (Å²) in [6, 6.07) is 60.1. The lowest BCUT2D eigenvalue weighted by atomic mass is 9.78. The molecule has 1 aliphatic carbocycles. The van der Waals surface area contributed by atoms with Gasteiger partial charge in [-0.05, 0) is 106 Å². The van der Waals surface area contributed by atoms with Crippen LogP contribution in [-0.2, 0) is 0 Å². The van der Waals surface area contributed by atoms with Gasteiger partial charge in [0.25, 0.3) is 0 Å². The molecule has 0 spiro atoms. The van der Waals surface area contributed by atoms with Gasteiger partial charge < -0.3 is 0 Å². The van der Waals surface area contributed by atoms with Gasteiger partial charge in [0.1, 0.15) is 0 Å². The summed E-state index contributed by atoms with van der Waals surface area (Å²) < 4.78 is 0. The molecule has 222 valence electrons. The molecule has 1 heterocycles. The lowest BCUT2D eigenvalue weighted by Crippen LogP contribution is -1.98. The molecule has 1 aromatic heterocycles. The predicted octanol–water partition coefficient (Wildman–Crippen LogP) is 12.9. The molecular weight excluding hydrogens is 579 g/mol. The quantitative estimate of drug-likeness (QED) is 0.178. The molecular formula is C47H29N. The van der Waals surface area contributed by atoms with Crippen LogP contribution < -0.4 is 0 Å². The van der Waals surface area contributed by atoms with Crippen molar-refractivity contribution in [2.45, 2.75) is 0 Å². The first kappa shape index (κ1) is 26.9. The van der Waals surface area contributed by atoms with Crippen molar-refractivity contribution in [3.8, 4) is 66.8 Å². The number of rotatable bonds is 2. The Labute approximate surface area is 279 Å². The zero-order chi connectivity index (χ0) is 31.6. The number of fused-ring (bicyclic) bond motifs is 14. The average molecular weight is 608 g/mol. The van der Waals surface area contributed by atoms with Crippen molar-refractivity contribution in [2.24, 2.45) is 0 Å². The molecule has 1 heteroatoms. The van der Waals surface area contributed by atoms with Crippen molar-refractivity contribution in [1.82, 2.24) is 4.98 Å². The summed E-state index contributed by atoms with van der Waals surface area (Å²) in [6.45, 7) is 0. The highest BCUT2D eigenvalue weighted by molar-refractivity contribution is 6.25. The van der Waals surface area contributed by atoms with Gasteiger partial charge in [0.05, 0.1) is 0 Å². The molecule has 0 atom stereocenters. The van der Waals surface area contributed by atoms with Crippen LogP contribution in [0.4, 0.5) is 0 Å². The van der Waals surface area contributed by atoms with E-state index in [4.69, 9.17) is 0 Å². The van der Waals surface area contributed by atoms with Crippen LogP contribution >= 0.6 is 0 Å². The number of hydrogen-bond acceptors (Lipinski definition) is 1. The Hall–Kier alpha value is -6.31. The van der Waals surface area contributed by atoms with E-state index in [1.54, 1.807) is 0 Å². The van der Waals surface area contributed by atoms with E-state index < -0.39 is 0 Å². The van der Waals surface area contributed by atoms with E-state index in [9.17, 15) is 0 Å². The molecule has 48 heavy (non-hydrogen) atoms. The van der Waals surface area contributed by atoms with Gasteiger partial charge in [-0.15, -0.1) is 0 Å². The summed E-state index contributed by atoms with van der Waals surface area (Å²) in [6.07, 6.45) is 3.90. The van der Waals surface area contributed by atoms with E-state index in [1.807, 2.05) is 12.4 Å². The molecule has 0 saturated heterocycles. The highest BCUT2D eigenvalue weighted by Crippen LogP contribution is 2.50. The topological polar surface area (TPSA) is 12.9 Å². The third kappa shape index (κ3) is 4.01. The van der Waals surface area contributed by atoms with E-state index in [1.165, 1.54) is 99.1 Å². The molecule has 0 N–H and O–H groups in total. The van der Waals surface area contributed by atoms with Crippen molar-refractivity contribution in [1.29, 1.82) is 0 Å². The Morgan fingerprint density at radius 1 is 0.271 bits per heavy atom. The zero-order valence-electron chi connectivity index (χ0n) is 26.2. The van der Waals surface area contributed by atoms with E-state index in [0.29, 0.717) is 0 Å². The minimum absolute atomic E-state index is 1.19. The minimum Gasteiger partial charge on any atom is -0.264 e. The molecule has 10 rings (SSSR count). The molecule has 0 unspecified atom stereocenters. The fraction of sp³-hybridized carbons (Fsp3) is 0. The summed E-state index contributed by atoms with van der Waals surface area (Å²) in [5.74, 6) is 0. The Kier molecular flexibility index (Phi) is 5.94. The van der Waals surface area contributed by atoms with Crippen molar-refractivity contribution in [3.63, 3.8) is 0 Å². The molecule has 0 aliphatic heterocycles. The van der Waals surface area contributed by atoms with Crippen molar-refractivity contribution >= 4 is 32.3 Å². The van der Waals surface area contributed by atoms with Gasteiger partial charge in [-0.3, -0.25) is 4.98 Å². The second kappa shape index (κ2) is 10.6. The van der Waals surface area contributed by atoms with Gasteiger partial charge in [0.2, 0.25) is 0 Å². The normalized spacial score (nSPS) is 11.8. The fourth-order valence-electron chi connectivity index (χ4n) is 7.97. The second-order valence-corrected chi connectivity index (χ2v) is 12.7. The third-order valence-electron chi connectivity index (χ3n) is 10.2. The zero-order valence-corrected chi connectivity index (χ0v) is 26.2. The number of pyridine rings is 1. The number of nitrogens with zero attached hydrogens (tertiary/aromatic N) is 1. The molecule has 0 saturated carbocycles. The first-order valence-corrected chi connectivity index (χ1v) is 16.5. The van der Waals surface area contributed by atoms with E-state index in [2.05, 4.69) is 169 Å². The van der Waals surface area contributed by atoms with Crippen LogP contribution in [-0.4, -0.2) is 4.98 Å². The van der Waals surface area contributed by atoms with Crippen LogP contribution in [0.15, 0.2) is 176 Å². The van der Waals surface area contributed by atoms with Crippen LogP contribution in [0.1, 0.15) is 0 Å². The largest absolute Gasteiger partial charge is 0.264 e. The highest BCUT2D eigenvalue weighted by atomic mass is 14.6. The molecule has 1 aliphatic rings.